The average molecular weight is 443 g/mol. The van der Waals surface area contributed by atoms with Crippen molar-refractivity contribution in [3.8, 4) is 0 Å². The Bertz CT molecular complexity index is 428. The number of carboxylic acids is 1. The minimum atomic E-state index is -1.62. The molecule has 2 atom stereocenters. The lowest BCUT2D eigenvalue weighted by Gasteiger charge is -2.36. The second kappa shape index (κ2) is 16.3. The second-order valence-corrected chi connectivity index (χ2v) is 15.7. The predicted octanol–water partition coefficient (Wildman–Crippen LogP) is 8.83. The van der Waals surface area contributed by atoms with E-state index in [1.54, 1.807) is 0 Å². The third kappa shape index (κ3) is 13.9. The Morgan fingerprint density at radius 2 is 1.33 bits per heavy atom. The molecule has 0 fully saturated rings. The summed E-state index contributed by atoms with van der Waals surface area (Å²) in [7, 11) is -1.62. The van der Waals surface area contributed by atoms with Crippen LogP contribution in [-0.2, 0) is 9.22 Å². The first-order valence-corrected chi connectivity index (χ1v) is 15.8. The Morgan fingerprint density at radius 3 is 1.90 bits per heavy atom. The Hall–Kier alpha value is -0.353. The van der Waals surface area contributed by atoms with Gasteiger partial charge in [-0.25, -0.2) is 0 Å². The van der Waals surface area contributed by atoms with E-state index in [9.17, 15) is 9.90 Å². The molecule has 0 radical (unpaired) electrons. The van der Waals surface area contributed by atoms with E-state index in [-0.39, 0.29) is 11.0 Å². The van der Waals surface area contributed by atoms with Gasteiger partial charge < -0.3 is 9.53 Å². The number of carboxylic acid groups (broad SMARTS) is 1. The Labute approximate surface area is 189 Å². The standard InChI is InChI=1S/C26H54O3Si/c1-8-10-12-13-20-24(25(27)28)21-16-19-23(17-11-9-2)18-14-15-22-29-30(6,7)26(3,4)5/h23-24H,8-22H2,1-7H3,(H,27,28). The molecule has 0 saturated carbocycles. The van der Waals surface area contributed by atoms with Gasteiger partial charge in [0.15, 0.2) is 8.32 Å². The van der Waals surface area contributed by atoms with E-state index in [1.807, 2.05) is 0 Å². The molecule has 3 nitrogen and oxygen atoms in total. The van der Waals surface area contributed by atoms with Gasteiger partial charge in [0.1, 0.15) is 0 Å². The number of hydrogen-bond donors (Lipinski definition) is 1. The smallest absolute Gasteiger partial charge is 0.306 e. The fraction of sp³-hybridized carbons (Fsp3) is 0.962. The summed E-state index contributed by atoms with van der Waals surface area (Å²) in [6.07, 6.45) is 16.2. The van der Waals surface area contributed by atoms with Crippen molar-refractivity contribution in [3.63, 3.8) is 0 Å². The van der Waals surface area contributed by atoms with Gasteiger partial charge in [-0.05, 0) is 43.3 Å². The molecule has 0 aliphatic rings. The van der Waals surface area contributed by atoms with E-state index in [0.717, 1.165) is 44.6 Å². The molecule has 0 aliphatic carbocycles. The maximum Gasteiger partial charge on any atom is 0.306 e. The van der Waals surface area contributed by atoms with Crippen molar-refractivity contribution in [1.29, 1.82) is 0 Å². The van der Waals surface area contributed by atoms with Gasteiger partial charge in [-0.2, -0.15) is 0 Å². The zero-order valence-electron chi connectivity index (χ0n) is 21.5. The number of unbranched alkanes of at least 4 members (excludes halogenated alkanes) is 5. The number of carbonyl (C=O) groups is 1. The summed E-state index contributed by atoms with van der Waals surface area (Å²) < 4.78 is 6.32. The lowest BCUT2D eigenvalue weighted by Crippen LogP contribution is -2.40. The summed E-state index contributed by atoms with van der Waals surface area (Å²) in [5, 5.41) is 9.83. The average Bonchev–Trinajstić information content (AvgIpc) is 2.65. The van der Waals surface area contributed by atoms with Gasteiger partial charge in [0.05, 0.1) is 5.92 Å². The Balaban J connectivity index is 4.26. The van der Waals surface area contributed by atoms with E-state index >= 15 is 0 Å². The summed E-state index contributed by atoms with van der Waals surface area (Å²) >= 11 is 0. The van der Waals surface area contributed by atoms with Gasteiger partial charge in [-0.15, -0.1) is 0 Å². The van der Waals surface area contributed by atoms with Crippen LogP contribution in [0.3, 0.4) is 0 Å². The van der Waals surface area contributed by atoms with Gasteiger partial charge in [-0.3, -0.25) is 4.79 Å². The van der Waals surface area contributed by atoms with Gasteiger partial charge in [0.2, 0.25) is 0 Å². The number of hydrogen-bond acceptors (Lipinski definition) is 2. The first-order valence-electron chi connectivity index (χ1n) is 12.9. The molecule has 4 heteroatoms. The maximum atomic E-state index is 11.6. The van der Waals surface area contributed by atoms with Gasteiger partial charge >= 0.3 is 5.97 Å². The SMILES string of the molecule is CCCCCCC(CCCC(CCCC)CCCCO[Si](C)(C)C(C)(C)C)C(=O)O. The largest absolute Gasteiger partial charge is 0.481 e. The van der Waals surface area contributed by atoms with Crippen LogP contribution in [0.2, 0.25) is 18.1 Å². The fourth-order valence-electron chi connectivity index (χ4n) is 3.87. The molecule has 2 unspecified atom stereocenters. The van der Waals surface area contributed by atoms with Crippen LogP contribution in [0.15, 0.2) is 0 Å². The maximum absolute atomic E-state index is 11.6. The topological polar surface area (TPSA) is 46.5 Å². The van der Waals surface area contributed by atoms with Gasteiger partial charge in [-0.1, -0.05) is 105 Å². The van der Waals surface area contributed by atoms with E-state index in [4.69, 9.17) is 4.43 Å². The molecular formula is C26H54O3Si. The molecule has 180 valence electrons. The van der Waals surface area contributed by atoms with Crippen LogP contribution in [0.4, 0.5) is 0 Å². The lowest BCUT2D eigenvalue weighted by molar-refractivity contribution is -0.142. The molecule has 0 aromatic rings. The van der Waals surface area contributed by atoms with Crippen LogP contribution in [-0.4, -0.2) is 26.0 Å². The Morgan fingerprint density at radius 1 is 0.800 bits per heavy atom. The molecule has 0 bridgehead atoms. The van der Waals surface area contributed by atoms with Crippen LogP contribution in [0.1, 0.15) is 125 Å². The van der Waals surface area contributed by atoms with E-state index < -0.39 is 14.3 Å². The summed E-state index contributed by atoms with van der Waals surface area (Å²) in [4.78, 5) is 11.6. The number of aliphatic carboxylic acids is 1. The molecule has 0 aliphatic heterocycles. The third-order valence-corrected chi connectivity index (χ3v) is 11.7. The van der Waals surface area contributed by atoms with Crippen molar-refractivity contribution in [1.82, 2.24) is 0 Å². The monoisotopic (exact) mass is 442 g/mol. The minimum absolute atomic E-state index is 0.133. The van der Waals surface area contributed by atoms with Crippen LogP contribution in [0.25, 0.3) is 0 Å². The molecule has 0 rings (SSSR count). The molecule has 30 heavy (non-hydrogen) atoms. The fourth-order valence-corrected chi connectivity index (χ4v) is 4.95. The van der Waals surface area contributed by atoms with Crippen molar-refractivity contribution in [2.45, 2.75) is 143 Å². The van der Waals surface area contributed by atoms with E-state index in [1.165, 1.54) is 57.8 Å². The first-order chi connectivity index (χ1) is 14.0. The quantitative estimate of drug-likeness (QED) is 0.160. The molecule has 0 aromatic heterocycles. The van der Waals surface area contributed by atoms with Crippen molar-refractivity contribution in [2.75, 3.05) is 6.61 Å². The zero-order chi connectivity index (χ0) is 23.0. The number of rotatable bonds is 19. The molecule has 0 aromatic carbocycles. The van der Waals surface area contributed by atoms with Gasteiger partial charge in [0, 0.05) is 6.61 Å². The highest BCUT2D eigenvalue weighted by Crippen LogP contribution is 2.36. The normalized spacial score (nSPS) is 14.6. The van der Waals surface area contributed by atoms with Crippen LogP contribution in [0, 0.1) is 11.8 Å². The third-order valence-electron chi connectivity index (χ3n) is 7.16. The summed E-state index contributed by atoms with van der Waals surface area (Å²) in [5.41, 5.74) is 0. The molecule has 0 heterocycles. The van der Waals surface area contributed by atoms with Crippen molar-refractivity contribution in [2.24, 2.45) is 11.8 Å². The molecule has 0 saturated heterocycles. The van der Waals surface area contributed by atoms with Crippen LogP contribution < -0.4 is 0 Å². The predicted molar refractivity (Wildman–Crippen MR) is 134 cm³/mol. The van der Waals surface area contributed by atoms with Crippen molar-refractivity contribution < 1.29 is 14.3 Å². The molecule has 0 spiro atoms. The molecular weight excluding hydrogens is 388 g/mol. The van der Waals surface area contributed by atoms with Gasteiger partial charge in [0.25, 0.3) is 0 Å². The minimum Gasteiger partial charge on any atom is -0.481 e. The Kier molecular flexibility index (Phi) is 16.1. The lowest BCUT2D eigenvalue weighted by atomic mass is 9.88. The van der Waals surface area contributed by atoms with E-state index in [2.05, 4.69) is 47.7 Å². The van der Waals surface area contributed by atoms with Crippen LogP contribution >= 0.6 is 0 Å². The van der Waals surface area contributed by atoms with Crippen molar-refractivity contribution >= 4 is 14.3 Å². The van der Waals surface area contributed by atoms with E-state index in [0.29, 0.717) is 0 Å². The molecule has 0 amide bonds. The highest BCUT2D eigenvalue weighted by Gasteiger charge is 2.36. The summed E-state index contributed by atoms with van der Waals surface area (Å²) in [6, 6.07) is 0. The first kappa shape index (κ1) is 29.6. The molecule has 1 N–H and O–H groups in total. The highest BCUT2D eigenvalue weighted by molar-refractivity contribution is 6.74. The second-order valence-electron chi connectivity index (χ2n) is 10.9. The summed E-state index contributed by atoms with van der Waals surface area (Å²) in [6.45, 7) is 16.9. The summed E-state index contributed by atoms with van der Waals surface area (Å²) in [5.74, 6) is 0.0402. The zero-order valence-corrected chi connectivity index (χ0v) is 22.5. The van der Waals surface area contributed by atoms with Crippen molar-refractivity contribution in [3.05, 3.63) is 0 Å². The van der Waals surface area contributed by atoms with Crippen LogP contribution in [0.5, 0.6) is 0 Å². The highest BCUT2D eigenvalue weighted by atomic mass is 28.4.